The van der Waals surface area contributed by atoms with Crippen LogP contribution in [0.5, 0.6) is 0 Å². The molecule has 0 bridgehead atoms. The molecule has 0 radical (unpaired) electrons. The minimum absolute atomic E-state index is 0.541. The minimum atomic E-state index is 0.541. The molecule has 0 heterocycles. The summed E-state index contributed by atoms with van der Waals surface area (Å²) in [5.41, 5.74) is 3.48. The van der Waals surface area contributed by atoms with Gasteiger partial charge in [0.05, 0.1) is 0 Å². The second-order valence-electron chi connectivity index (χ2n) is 6.41. The van der Waals surface area contributed by atoms with Crippen LogP contribution >= 0.6 is 0 Å². The van der Waals surface area contributed by atoms with Gasteiger partial charge in [-0.1, -0.05) is 57.9 Å². The number of hydrogen-bond acceptors (Lipinski definition) is 1. The Kier molecular flexibility index (Phi) is 5.65. The van der Waals surface area contributed by atoms with Crippen LogP contribution < -0.4 is 5.32 Å². The number of likely N-dealkylation sites (N-methyl/N-ethyl adjacent to an activating group) is 1. The highest BCUT2D eigenvalue weighted by Gasteiger charge is 2.39. The van der Waals surface area contributed by atoms with Gasteiger partial charge in [0.1, 0.15) is 0 Å². The molecule has 1 heteroatoms. The van der Waals surface area contributed by atoms with Crippen LogP contribution in [-0.4, -0.2) is 12.6 Å². The quantitative estimate of drug-likeness (QED) is 0.756. The van der Waals surface area contributed by atoms with Crippen molar-refractivity contribution in [2.75, 3.05) is 6.54 Å². The average molecular weight is 273 g/mol. The van der Waals surface area contributed by atoms with E-state index in [1.165, 1.54) is 49.7 Å². The Bertz CT molecular complexity index is 387. The van der Waals surface area contributed by atoms with E-state index in [0.717, 1.165) is 13.0 Å². The summed E-state index contributed by atoms with van der Waals surface area (Å²) < 4.78 is 0. The van der Waals surface area contributed by atoms with Crippen molar-refractivity contribution in [1.82, 2.24) is 5.32 Å². The molecule has 1 saturated carbocycles. The zero-order valence-electron chi connectivity index (χ0n) is 13.5. The first-order valence-corrected chi connectivity index (χ1v) is 8.55. The van der Waals surface area contributed by atoms with E-state index in [9.17, 15) is 0 Å². The molecule has 20 heavy (non-hydrogen) atoms. The third kappa shape index (κ3) is 3.44. The Morgan fingerprint density at radius 3 is 2.10 bits per heavy atom. The summed E-state index contributed by atoms with van der Waals surface area (Å²) in [4.78, 5) is 0. The largest absolute Gasteiger partial charge is 0.313 e. The lowest BCUT2D eigenvalue weighted by molar-refractivity contribution is 0.186. The average Bonchev–Trinajstić information content (AvgIpc) is 2.98. The van der Waals surface area contributed by atoms with Gasteiger partial charge >= 0.3 is 0 Å². The molecule has 0 spiro atoms. The predicted octanol–water partition coefficient (Wildman–Crippen LogP) is 4.74. The molecule has 1 aromatic rings. The molecule has 0 saturated heterocycles. The first-order chi connectivity index (χ1) is 9.74. The fraction of sp³-hybridized carbons (Fsp3) is 0.684. The van der Waals surface area contributed by atoms with Crippen molar-refractivity contribution in [2.45, 2.75) is 71.8 Å². The first-order valence-electron chi connectivity index (χ1n) is 8.55. The summed E-state index contributed by atoms with van der Waals surface area (Å²) in [6, 6.07) is 9.91. The Hall–Kier alpha value is -0.820. The summed E-state index contributed by atoms with van der Waals surface area (Å²) in [5, 5.41) is 3.79. The highest BCUT2D eigenvalue weighted by atomic mass is 14.9. The zero-order valence-corrected chi connectivity index (χ0v) is 13.5. The maximum Gasteiger partial charge on any atom is 0.0164 e. The SMILES string of the molecule is CCNC(Cc1ccc(CC)cc1)C1(CC)CCCC1. The van der Waals surface area contributed by atoms with E-state index < -0.39 is 0 Å². The first kappa shape index (κ1) is 15.6. The van der Waals surface area contributed by atoms with Crippen LogP contribution in [0.15, 0.2) is 24.3 Å². The Morgan fingerprint density at radius 1 is 1.00 bits per heavy atom. The lowest BCUT2D eigenvalue weighted by Gasteiger charge is -2.38. The molecule has 0 amide bonds. The maximum absolute atomic E-state index is 3.79. The van der Waals surface area contributed by atoms with Crippen LogP contribution in [0, 0.1) is 5.41 Å². The van der Waals surface area contributed by atoms with Gasteiger partial charge in [0.25, 0.3) is 0 Å². The van der Waals surface area contributed by atoms with Gasteiger partial charge in [-0.05, 0) is 55.2 Å². The van der Waals surface area contributed by atoms with Crippen LogP contribution in [0.1, 0.15) is 64.0 Å². The van der Waals surface area contributed by atoms with E-state index in [4.69, 9.17) is 0 Å². The number of hydrogen-bond donors (Lipinski definition) is 1. The summed E-state index contributed by atoms with van der Waals surface area (Å²) in [5.74, 6) is 0. The monoisotopic (exact) mass is 273 g/mol. The number of rotatable bonds is 7. The van der Waals surface area contributed by atoms with Crippen LogP contribution in [0.3, 0.4) is 0 Å². The van der Waals surface area contributed by atoms with Crippen LogP contribution in [0.25, 0.3) is 0 Å². The van der Waals surface area contributed by atoms with E-state index >= 15 is 0 Å². The van der Waals surface area contributed by atoms with E-state index in [0.29, 0.717) is 11.5 Å². The zero-order chi connectivity index (χ0) is 14.4. The van der Waals surface area contributed by atoms with Gasteiger partial charge in [-0.2, -0.15) is 0 Å². The molecule has 1 aliphatic carbocycles. The molecular formula is C19H31N. The van der Waals surface area contributed by atoms with Crippen molar-refractivity contribution in [2.24, 2.45) is 5.41 Å². The van der Waals surface area contributed by atoms with Gasteiger partial charge in [-0.3, -0.25) is 0 Å². The van der Waals surface area contributed by atoms with Crippen LogP contribution in [-0.2, 0) is 12.8 Å². The molecule has 1 unspecified atom stereocenters. The van der Waals surface area contributed by atoms with Gasteiger partial charge in [0.2, 0.25) is 0 Å². The smallest absolute Gasteiger partial charge is 0.0164 e. The van der Waals surface area contributed by atoms with Crippen molar-refractivity contribution in [1.29, 1.82) is 0 Å². The highest BCUT2D eigenvalue weighted by Crippen LogP contribution is 2.44. The Balaban J connectivity index is 2.11. The molecule has 0 aromatic heterocycles. The Labute approximate surface area is 125 Å². The molecule has 1 aliphatic rings. The lowest BCUT2D eigenvalue weighted by atomic mass is 9.74. The molecule has 1 atom stereocenters. The van der Waals surface area contributed by atoms with E-state index in [1.54, 1.807) is 0 Å². The van der Waals surface area contributed by atoms with E-state index in [1.807, 2.05) is 0 Å². The maximum atomic E-state index is 3.79. The molecule has 0 aliphatic heterocycles. The molecular weight excluding hydrogens is 242 g/mol. The molecule has 2 rings (SSSR count). The highest BCUT2D eigenvalue weighted by molar-refractivity contribution is 5.23. The third-order valence-corrected chi connectivity index (χ3v) is 5.36. The van der Waals surface area contributed by atoms with Crippen LogP contribution in [0.4, 0.5) is 0 Å². The Morgan fingerprint density at radius 2 is 1.60 bits per heavy atom. The number of aryl methyl sites for hydroxylation is 1. The molecule has 1 N–H and O–H groups in total. The molecule has 1 fully saturated rings. The summed E-state index contributed by atoms with van der Waals surface area (Å²) in [7, 11) is 0. The number of benzene rings is 1. The third-order valence-electron chi connectivity index (χ3n) is 5.36. The fourth-order valence-electron chi connectivity index (χ4n) is 3.93. The van der Waals surface area contributed by atoms with Crippen molar-refractivity contribution >= 4 is 0 Å². The van der Waals surface area contributed by atoms with Crippen molar-refractivity contribution in [3.63, 3.8) is 0 Å². The van der Waals surface area contributed by atoms with E-state index in [-0.39, 0.29) is 0 Å². The lowest BCUT2D eigenvalue weighted by Crippen LogP contribution is -2.45. The summed E-state index contributed by atoms with van der Waals surface area (Å²) in [6.45, 7) is 7.93. The fourth-order valence-corrected chi connectivity index (χ4v) is 3.93. The topological polar surface area (TPSA) is 12.0 Å². The molecule has 1 aromatic carbocycles. The normalized spacial score (nSPS) is 19.1. The second-order valence-corrected chi connectivity index (χ2v) is 6.41. The van der Waals surface area contributed by atoms with Gasteiger partial charge in [-0.25, -0.2) is 0 Å². The van der Waals surface area contributed by atoms with Crippen LogP contribution in [0.2, 0.25) is 0 Å². The van der Waals surface area contributed by atoms with Gasteiger partial charge < -0.3 is 5.32 Å². The second kappa shape index (κ2) is 7.26. The van der Waals surface area contributed by atoms with Crippen molar-refractivity contribution in [3.05, 3.63) is 35.4 Å². The summed E-state index contributed by atoms with van der Waals surface area (Å²) >= 11 is 0. The van der Waals surface area contributed by atoms with Crippen molar-refractivity contribution < 1.29 is 0 Å². The van der Waals surface area contributed by atoms with Gasteiger partial charge in [0, 0.05) is 6.04 Å². The van der Waals surface area contributed by atoms with Gasteiger partial charge in [-0.15, -0.1) is 0 Å². The minimum Gasteiger partial charge on any atom is -0.313 e. The molecule has 1 nitrogen and oxygen atoms in total. The predicted molar refractivity (Wildman–Crippen MR) is 88.2 cm³/mol. The summed E-state index contributed by atoms with van der Waals surface area (Å²) in [6.07, 6.45) is 9.30. The van der Waals surface area contributed by atoms with Crippen molar-refractivity contribution in [3.8, 4) is 0 Å². The van der Waals surface area contributed by atoms with E-state index in [2.05, 4.69) is 50.4 Å². The standard InChI is InChI=1S/C19H31N/c1-4-16-9-11-17(12-10-16)15-18(20-6-3)19(5-2)13-7-8-14-19/h9-12,18,20H,4-8,13-15H2,1-3H3. The van der Waals surface area contributed by atoms with Gasteiger partial charge in [0.15, 0.2) is 0 Å². The number of nitrogens with one attached hydrogen (secondary N) is 1. The molecule has 112 valence electrons.